The summed E-state index contributed by atoms with van der Waals surface area (Å²) in [6, 6.07) is 14.3. The second-order valence-electron chi connectivity index (χ2n) is 6.16. The molecule has 0 radical (unpaired) electrons. The minimum atomic E-state index is -0.309. The number of hydrogen-bond donors (Lipinski definition) is 4. The van der Waals surface area contributed by atoms with Gasteiger partial charge < -0.3 is 20.5 Å². The second kappa shape index (κ2) is 12.1. The Balaban J connectivity index is 1.75. The van der Waals surface area contributed by atoms with Crippen molar-refractivity contribution in [1.82, 2.24) is 10.7 Å². The summed E-state index contributed by atoms with van der Waals surface area (Å²) in [7, 11) is 1.59. The van der Waals surface area contributed by atoms with Crippen LogP contribution in [0.5, 0.6) is 5.75 Å². The number of aliphatic hydroxyl groups excluding tert-OH is 1. The third kappa shape index (κ3) is 8.02. The number of methoxy groups -OCH3 is 1. The van der Waals surface area contributed by atoms with Crippen molar-refractivity contribution in [3.8, 4) is 5.75 Å². The van der Waals surface area contributed by atoms with Crippen molar-refractivity contribution in [3.63, 3.8) is 0 Å². The van der Waals surface area contributed by atoms with Crippen LogP contribution in [-0.2, 0) is 4.79 Å². The molecule has 0 saturated heterocycles. The molecule has 154 valence electrons. The summed E-state index contributed by atoms with van der Waals surface area (Å²) in [5.74, 6) is 0.327. The van der Waals surface area contributed by atoms with Gasteiger partial charge in [-0.15, -0.1) is 0 Å². The molecule has 0 aliphatic carbocycles. The minimum Gasteiger partial charge on any atom is -0.497 e. The van der Waals surface area contributed by atoms with Crippen LogP contribution in [0.2, 0.25) is 0 Å². The average Bonchev–Trinajstić information content (AvgIpc) is 2.75. The van der Waals surface area contributed by atoms with Crippen LogP contribution in [0.3, 0.4) is 0 Å². The molecule has 2 amide bonds. The van der Waals surface area contributed by atoms with E-state index in [2.05, 4.69) is 21.2 Å². The lowest BCUT2D eigenvalue weighted by Crippen LogP contribution is -2.26. The van der Waals surface area contributed by atoms with Crippen molar-refractivity contribution in [2.75, 3.05) is 32.1 Å². The Bertz CT molecular complexity index is 822. The predicted octanol–water partition coefficient (Wildman–Crippen LogP) is 1.76. The number of hydrogen-bond acceptors (Lipinski definition) is 6. The van der Waals surface area contributed by atoms with Crippen molar-refractivity contribution < 1.29 is 19.4 Å². The van der Waals surface area contributed by atoms with Crippen LogP contribution >= 0.6 is 0 Å². The van der Waals surface area contributed by atoms with Crippen LogP contribution in [-0.4, -0.2) is 49.9 Å². The number of ether oxygens (including phenoxy) is 1. The number of carbonyl (C=O) groups is 2. The number of nitrogens with one attached hydrogen (secondary N) is 3. The molecule has 0 aliphatic heterocycles. The third-order valence-corrected chi connectivity index (χ3v) is 3.96. The zero-order valence-corrected chi connectivity index (χ0v) is 16.4. The molecule has 8 nitrogen and oxygen atoms in total. The zero-order chi connectivity index (χ0) is 20.9. The average molecular weight is 398 g/mol. The predicted molar refractivity (Wildman–Crippen MR) is 112 cm³/mol. The first-order valence-corrected chi connectivity index (χ1v) is 9.31. The fraction of sp³-hybridized carbons (Fsp3) is 0.286. The molecule has 2 aromatic carbocycles. The topological polar surface area (TPSA) is 112 Å². The molecular formula is C21H26N4O4. The van der Waals surface area contributed by atoms with Gasteiger partial charge in [-0.3, -0.25) is 9.59 Å². The number of nitrogens with zero attached hydrogens (tertiary/aromatic N) is 1. The molecular weight excluding hydrogens is 372 g/mol. The maximum Gasteiger partial charge on any atom is 0.271 e. The summed E-state index contributed by atoms with van der Waals surface area (Å²) in [4.78, 5) is 23.6. The number of hydrazone groups is 1. The van der Waals surface area contributed by atoms with E-state index in [1.165, 1.54) is 0 Å². The smallest absolute Gasteiger partial charge is 0.271 e. The van der Waals surface area contributed by atoms with Crippen LogP contribution in [0.4, 0.5) is 5.69 Å². The van der Waals surface area contributed by atoms with E-state index >= 15 is 0 Å². The van der Waals surface area contributed by atoms with E-state index in [0.717, 1.165) is 11.3 Å². The molecule has 2 aromatic rings. The van der Waals surface area contributed by atoms with E-state index < -0.39 is 0 Å². The van der Waals surface area contributed by atoms with Gasteiger partial charge in [-0.05, 0) is 48.4 Å². The number of benzene rings is 2. The Morgan fingerprint density at radius 1 is 1.14 bits per heavy atom. The van der Waals surface area contributed by atoms with E-state index in [0.29, 0.717) is 30.7 Å². The van der Waals surface area contributed by atoms with Crippen molar-refractivity contribution in [2.24, 2.45) is 5.10 Å². The van der Waals surface area contributed by atoms with Crippen LogP contribution < -0.4 is 20.8 Å². The highest BCUT2D eigenvalue weighted by atomic mass is 16.5. The first-order valence-electron chi connectivity index (χ1n) is 9.31. The molecule has 2 rings (SSSR count). The lowest BCUT2D eigenvalue weighted by molar-refractivity contribution is -0.121. The SMILES string of the molecule is COc1cccc(/C=N/NC(=O)c2ccc(NCCCC(=O)NCCO)cc2)c1. The van der Waals surface area contributed by atoms with Gasteiger partial charge in [-0.25, -0.2) is 5.43 Å². The maximum atomic E-state index is 12.2. The quantitative estimate of drug-likeness (QED) is 0.262. The number of amides is 2. The van der Waals surface area contributed by atoms with E-state index in [1.54, 1.807) is 37.6 Å². The van der Waals surface area contributed by atoms with Crippen LogP contribution in [0.15, 0.2) is 53.6 Å². The monoisotopic (exact) mass is 398 g/mol. The highest BCUT2D eigenvalue weighted by molar-refractivity contribution is 5.95. The summed E-state index contributed by atoms with van der Waals surface area (Å²) >= 11 is 0. The van der Waals surface area contributed by atoms with E-state index in [4.69, 9.17) is 9.84 Å². The standard InChI is InChI=1S/C21H26N4O4/c1-29-19-5-2-4-16(14-19)15-24-25-21(28)17-7-9-18(10-8-17)22-11-3-6-20(27)23-12-13-26/h2,4-5,7-10,14-15,22,26H,3,6,11-13H2,1H3,(H,23,27)(H,25,28)/b24-15+. The summed E-state index contributed by atoms with van der Waals surface area (Å²) < 4.78 is 5.14. The van der Waals surface area contributed by atoms with Crippen molar-refractivity contribution in [1.29, 1.82) is 0 Å². The third-order valence-electron chi connectivity index (χ3n) is 3.96. The summed E-state index contributed by atoms with van der Waals surface area (Å²) in [5.41, 5.74) is 4.65. The molecule has 0 atom stereocenters. The fourth-order valence-corrected chi connectivity index (χ4v) is 2.46. The Morgan fingerprint density at radius 3 is 2.66 bits per heavy atom. The Kier molecular flexibility index (Phi) is 9.17. The number of rotatable bonds is 11. The van der Waals surface area contributed by atoms with Crippen molar-refractivity contribution >= 4 is 23.7 Å². The van der Waals surface area contributed by atoms with Gasteiger partial charge in [0.15, 0.2) is 0 Å². The molecule has 0 fully saturated rings. The van der Waals surface area contributed by atoms with Crippen molar-refractivity contribution in [3.05, 3.63) is 59.7 Å². The lowest BCUT2D eigenvalue weighted by atomic mass is 10.2. The molecule has 0 heterocycles. The van der Waals surface area contributed by atoms with Gasteiger partial charge in [0.25, 0.3) is 5.91 Å². The molecule has 0 aromatic heterocycles. The molecule has 0 bridgehead atoms. The van der Waals surface area contributed by atoms with E-state index in [-0.39, 0.29) is 25.0 Å². The Hall–Kier alpha value is -3.39. The summed E-state index contributed by atoms with van der Waals surface area (Å²) in [6.45, 7) is 0.846. The molecule has 0 unspecified atom stereocenters. The molecule has 8 heteroatoms. The normalized spacial score (nSPS) is 10.6. The fourth-order valence-electron chi connectivity index (χ4n) is 2.46. The van der Waals surface area contributed by atoms with Gasteiger partial charge >= 0.3 is 0 Å². The molecule has 0 saturated carbocycles. The van der Waals surface area contributed by atoms with Gasteiger partial charge in [0, 0.05) is 30.8 Å². The molecule has 29 heavy (non-hydrogen) atoms. The number of carbonyl (C=O) groups excluding carboxylic acids is 2. The number of aliphatic hydroxyl groups is 1. The largest absolute Gasteiger partial charge is 0.497 e. The van der Waals surface area contributed by atoms with Gasteiger partial charge in [0.1, 0.15) is 5.75 Å². The molecule has 4 N–H and O–H groups in total. The maximum absolute atomic E-state index is 12.2. The minimum absolute atomic E-state index is 0.0593. The zero-order valence-electron chi connectivity index (χ0n) is 16.4. The first kappa shape index (κ1) is 21.9. The molecule has 0 aliphatic rings. The van der Waals surface area contributed by atoms with Crippen LogP contribution in [0.25, 0.3) is 0 Å². The molecule has 0 spiro atoms. The van der Waals surface area contributed by atoms with Gasteiger partial charge in [-0.1, -0.05) is 12.1 Å². The number of anilines is 1. The Morgan fingerprint density at radius 2 is 1.93 bits per heavy atom. The van der Waals surface area contributed by atoms with Gasteiger partial charge in [0.2, 0.25) is 5.91 Å². The van der Waals surface area contributed by atoms with Crippen LogP contribution in [0, 0.1) is 0 Å². The van der Waals surface area contributed by atoms with Crippen molar-refractivity contribution in [2.45, 2.75) is 12.8 Å². The highest BCUT2D eigenvalue weighted by Crippen LogP contribution is 2.11. The van der Waals surface area contributed by atoms with Gasteiger partial charge in [0.05, 0.1) is 19.9 Å². The van der Waals surface area contributed by atoms with Gasteiger partial charge in [-0.2, -0.15) is 5.10 Å². The second-order valence-corrected chi connectivity index (χ2v) is 6.16. The lowest BCUT2D eigenvalue weighted by Gasteiger charge is -2.07. The highest BCUT2D eigenvalue weighted by Gasteiger charge is 2.04. The summed E-state index contributed by atoms with van der Waals surface area (Å²) in [5, 5.41) is 18.4. The van der Waals surface area contributed by atoms with Crippen LogP contribution in [0.1, 0.15) is 28.8 Å². The Labute approximate surface area is 170 Å². The van der Waals surface area contributed by atoms with E-state index in [1.807, 2.05) is 24.3 Å². The first-order chi connectivity index (χ1) is 14.1. The van der Waals surface area contributed by atoms with E-state index in [9.17, 15) is 9.59 Å². The summed E-state index contributed by atoms with van der Waals surface area (Å²) in [6.07, 6.45) is 2.60.